The molecule has 0 saturated carbocycles. The second kappa shape index (κ2) is 5.17. The number of nitrogens with zero attached hydrogens (tertiary/aromatic N) is 2. The maximum absolute atomic E-state index is 12.3. The van der Waals surface area contributed by atoms with E-state index in [0.29, 0.717) is 24.6 Å². The van der Waals surface area contributed by atoms with Gasteiger partial charge in [0.1, 0.15) is 6.04 Å². The van der Waals surface area contributed by atoms with Crippen LogP contribution in [0.25, 0.3) is 0 Å². The Morgan fingerprint density at radius 1 is 1.33 bits per heavy atom. The molecule has 0 aliphatic carbocycles. The van der Waals surface area contributed by atoms with Crippen LogP contribution in [0.2, 0.25) is 0 Å². The molecular weight excluding hydrogens is 256 g/mol. The summed E-state index contributed by atoms with van der Waals surface area (Å²) in [6, 6.07) is -0.417. The van der Waals surface area contributed by atoms with Gasteiger partial charge in [-0.2, -0.15) is 0 Å². The summed E-state index contributed by atoms with van der Waals surface area (Å²) in [5, 5.41) is 8.91. The molecule has 0 unspecified atom stereocenters. The van der Waals surface area contributed by atoms with E-state index in [2.05, 4.69) is 0 Å². The first-order valence-electron chi connectivity index (χ1n) is 5.87. The Kier molecular flexibility index (Phi) is 3.79. The zero-order chi connectivity index (χ0) is 13.3. The fourth-order valence-corrected chi connectivity index (χ4v) is 3.54. The number of amides is 2. The van der Waals surface area contributed by atoms with Crippen molar-refractivity contribution in [2.45, 2.75) is 19.4 Å². The molecule has 100 valence electrons. The Balaban J connectivity index is 2.00. The van der Waals surface area contributed by atoms with Gasteiger partial charge in [-0.15, -0.1) is 11.8 Å². The summed E-state index contributed by atoms with van der Waals surface area (Å²) in [5.74, 6) is -0.385. The van der Waals surface area contributed by atoms with Gasteiger partial charge in [0.2, 0.25) is 11.8 Å². The molecule has 2 rings (SSSR count). The van der Waals surface area contributed by atoms with Crippen LogP contribution in [0.4, 0.5) is 0 Å². The molecule has 2 fully saturated rings. The van der Waals surface area contributed by atoms with Crippen LogP contribution < -0.4 is 0 Å². The molecule has 2 aliphatic heterocycles. The summed E-state index contributed by atoms with van der Waals surface area (Å²) in [4.78, 5) is 37.6. The van der Waals surface area contributed by atoms with Gasteiger partial charge in [-0.1, -0.05) is 0 Å². The van der Waals surface area contributed by atoms with E-state index in [-0.39, 0.29) is 18.4 Å². The fourth-order valence-electron chi connectivity index (χ4n) is 2.33. The second-order valence-electron chi connectivity index (χ2n) is 4.61. The predicted octanol–water partition coefficient (Wildman–Crippen LogP) is -0.159. The van der Waals surface area contributed by atoms with Crippen molar-refractivity contribution in [2.75, 3.05) is 24.7 Å². The van der Waals surface area contributed by atoms with E-state index < -0.39 is 17.9 Å². The van der Waals surface area contributed by atoms with Crippen LogP contribution in [0, 0.1) is 5.92 Å². The van der Waals surface area contributed by atoms with Crippen molar-refractivity contribution < 1.29 is 19.5 Å². The van der Waals surface area contributed by atoms with E-state index >= 15 is 0 Å². The summed E-state index contributed by atoms with van der Waals surface area (Å²) in [7, 11) is 0. The Labute approximate surface area is 109 Å². The second-order valence-corrected chi connectivity index (χ2v) is 5.61. The predicted molar refractivity (Wildman–Crippen MR) is 66.0 cm³/mol. The van der Waals surface area contributed by atoms with Crippen LogP contribution in [-0.2, 0) is 14.4 Å². The van der Waals surface area contributed by atoms with Gasteiger partial charge >= 0.3 is 5.97 Å². The third-order valence-electron chi connectivity index (χ3n) is 3.42. The van der Waals surface area contributed by atoms with Gasteiger partial charge in [-0.05, 0) is 6.42 Å². The van der Waals surface area contributed by atoms with E-state index in [0.717, 1.165) is 0 Å². The molecule has 7 heteroatoms. The Bertz CT molecular complexity index is 387. The average molecular weight is 272 g/mol. The van der Waals surface area contributed by atoms with Crippen LogP contribution in [0.5, 0.6) is 0 Å². The fraction of sp³-hybridized carbons (Fsp3) is 0.727. The van der Waals surface area contributed by atoms with E-state index in [1.807, 2.05) is 0 Å². The van der Waals surface area contributed by atoms with E-state index in [4.69, 9.17) is 5.11 Å². The van der Waals surface area contributed by atoms with Crippen molar-refractivity contribution in [3.05, 3.63) is 0 Å². The van der Waals surface area contributed by atoms with Crippen LogP contribution in [0.15, 0.2) is 0 Å². The van der Waals surface area contributed by atoms with Gasteiger partial charge in [0.15, 0.2) is 0 Å². The summed E-state index contributed by atoms with van der Waals surface area (Å²) in [5.41, 5.74) is 0. The number of carboxylic acids is 1. The van der Waals surface area contributed by atoms with Gasteiger partial charge in [-0.25, -0.2) is 0 Å². The SMILES string of the molecule is CC(=O)N1CSC[C@H]1C(=O)N1CC[C@@H](C(=O)O)C1. The normalized spacial score (nSPS) is 27.6. The molecule has 2 atom stereocenters. The van der Waals surface area contributed by atoms with Crippen molar-refractivity contribution in [2.24, 2.45) is 5.92 Å². The number of thioether (sulfide) groups is 1. The lowest BCUT2D eigenvalue weighted by atomic mass is 10.1. The highest BCUT2D eigenvalue weighted by Gasteiger charge is 2.39. The first-order valence-corrected chi connectivity index (χ1v) is 7.02. The Hall–Kier alpha value is -1.24. The minimum Gasteiger partial charge on any atom is -0.481 e. The van der Waals surface area contributed by atoms with Crippen LogP contribution in [0.3, 0.4) is 0 Å². The summed E-state index contributed by atoms with van der Waals surface area (Å²) in [6.45, 7) is 2.19. The number of carbonyl (C=O) groups is 3. The van der Waals surface area contributed by atoms with Gasteiger partial charge in [0.05, 0.1) is 11.8 Å². The molecule has 2 aliphatic rings. The van der Waals surface area contributed by atoms with Crippen molar-refractivity contribution >= 4 is 29.5 Å². The maximum Gasteiger partial charge on any atom is 0.308 e. The third-order valence-corrected chi connectivity index (χ3v) is 4.43. The molecule has 2 heterocycles. The van der Waals surface area contributed by atoms with Crippen LogP contribution in [0.1, 0.15) is 13.3 Å². The Morgan fingerprint density at radius 2 is 2.06 bits per heavy atom. The summed E-state index contributed by atoms with van der Waals surface area (Å²) >= 11 is 1.55. The topological polar surface area (TPSA) is 77.9 Å². The standard InChI is InChI=1S/C11H16N2O4S/c1-7(14)13-6-18-5-9(13)10(15)12-3-2-8(4-12)11(16)17/h8-9H,2-6H2,1H3,(H,16,17)/t8-,9+/m1/s1. The molecule has 0 aromatic heterocycles. The largest absolute Gasteiger partial charge is 0.481 e. The van der Waals surface area contributed by atoms with Crippen molar-refractivity contribution in [1.82, 2.24) is 9.80 Å². The molecule has 6 nitrogen and oxygen atoms in total. The lowest BCUT2D eigenvalue weighted by molar-refractivity contribution is -0.143. The number of rotatable bonds is 2. The zero-order valence-corrected chi connectivity index (χ0v) is 11.0. The number of hydrogen-bond donors (Lipinski definition) is 1. The number of carboxylic acid groups (broad SMARTS) is 1. The van der Waals surface area contributed by atoms with Gasteiger partial charge in [0, 0.05) is 25.8 Å². The molecule has 2 saturated heterocycles. The van der Waals surface area contributed by atoms with Crippen LogP contribution in [-0.4, -0.2) is 63.5 Å². The number of likely N-dealkylation sites (tertiary alicyclic amines) is 1. The summed E-state index contributed by atoms with van der Waals surface area (Å²) in [6.07, 6.45) is 0.501. The van der Waals surface area contributed by atoms with Crippen molar-refractivity contribution in [3.8, 4) is 0 Å². The number of hydrogen-bond acceptors (Lipinski definition) is 4. The highest BCUT2D eigenvalue weighted by molar-refractivity contribution is 7.99. The number of carbonyl (C=O) groups excluding carboxylic acids is 2. The zero-order valence-electron chi connectivity index (χ0n) is 10.2. The Morgan fingerprint density at radius 3 is 2.61 bits per heavy atom. The lowest BCUT2D eigenvalue weighted by Gasteiger charge is -2.26. The number of aliphatic carboxylic acids is 1. The first-order chi connectivity index (χ1) is 8.50. The van der Waals surface area contributed by atoms with E-state index in [1.165, 1.54) is 6.92 Å². The third kappa shape index (κ3) is 2.45. The molecule has 1 N–H and O–H groups in total. The maximum atomic E-state index is 12.3. The van der Waals surface area contributed by atoms with Gasteiger partial charge in [-0.3, -0.25) is 14.4 Å². The molecule has 0 spiro atoms. The quantitative estimate of drug-likeness (QED) is 0.756. The smallest absolute Gasteiger partial charge is 0.308 e. The van der Waals surface area contributed by atoms with E-state index in [1.54, 1.807) is 21.6 Å². The average Bonchev–Trinajstić information content (AvgIpc) is 2.97. The van der Waals surface area contributed by atoms with E-state index in [9.17, 15) is 14.4 Å². The molecule has 18 heavy (non-hydrogen) atoms. The van der Waals surface area contributed by atoms with Crippen molar-refractivity contribution in [1.29, 1.82) is 0 Å². The molecular formula is C11H16N2O4S. The molecule has 2 amide bonds. The molecule has 0 aromatic rings. The van der Waals surface area contributed by atoms with Crippen LogP contribution >= 0.6 is 11.8 Å². The van der Waals surface area contributed by atoms with Gasteiger partial charge < -0.3 is 14.9 Å². The van der Waals surface area contributed by atoms with Gasteiger partial charge in [0.25, 0.3) is 0 Å². The molecule has 0 aromatic carbocycles. The van der Waals surface area contributed by atoms with Crippen molar-refractivity contribution in [3.63, 3.8) is 0 Å². The highest BCUT2D eigenvalue weighted by Crippen LogP contribution is 2.25. The monoisotopic (exact) mass is 272 g/mol. The highest BCUT2D eigenvalue weighted by atomic mass is 32.2. The minimum atomic E-state index is -0.852. The molecule has 0 radical (unpaired) electrons. The first kappa shape index (κ1) is 13.2. The minimum absolute atomic E-state index is 0.104. The summed E-state index contributed by atoms with van der Waals surface area (Å²) < 4.78 is 0. The molecule has 0 bridgehead atoms. The lowest BCUT2D eigenvalue weighted by Crippen LogP contribution is -2.47.